The second-order valence-corrected chi connectivity index (χ2v) is 8.51. The van der Waals surface area contributed by atoms with Crippen LogP contribution >= 0.6 is 0 Å². The lowest BCUT2D eigenvalue weighted by atomic mass is 9.72. The number of non-ortho nitro benzene ring substituents is 1. The molecule has 2 heterocycles. The first kappa shape index (κ1) is 19.4. The number of nitro groups is 1. The van der Waals surface area contributed by atoms with E-state index in [9.17, 15) is 19.7 Å². The molecule has 3 aliphatic rings. The van der Waals surface area contributed by atoms with E-state index in [2.05, 4.69) is 5.32 Å². The summed E-state index contributed by atoms with van der Waals surface area (Å²) in [6, 6.07) is 17.2. The SMILES string of the molecule is O=C1C[C@@H](c2ccco2)CC2=C1[C@@H](c1ccc([N+](=O)[O-])cc1)C1=C(N2)c2ccccc2C1=O. The van der Waals surface area contributed by atoms with Crippen LogP contribution in [0.2, 0.25) is 0 Å². The maximum absolute atomic E-state index is 13.5. The fraction of sp³-hybridized carbons (Fsp3) is 0.154. The van der Waals surface area contributed by atoms with Gasteiger partial charge in [0.25, 0.3) is 5.69 Å². The highest BCUT2D eigenvalue weighted by Gasteiger charge is 2.45. The Morgan fingerprint density at radius 3 is 2.36 bits per heavy atom. The molecule has 0 spiro atoms. The molecule has 6 rings (SSSR count). The molecule has 1 aromatic heterocycles. The molecular weight excluding hydrogens is 420 g/mol. The van der Waals surface area contributed by atoms with Crippen molar-refractivity contribution in [3.8, 4) is 0 Å². The highest BCUT2D eigenvalue weighted by atomic mass is 16.6. The lowest BCUT2D eigenvalue weighted by Gasteiger charge is -2.35. The van der Waals surface area contributed by atoms with Crippen molar-refractivity contribution in [3.05, 3.63) is 116 Å². The van der Waals surface area contributed by atoms with Crippen LogP contribution in [-0.4, -0.2) is 16.5 Å². The van der Waals surface area contributed by atoms with Gasteiger partial charge in [0.1, 0.15) is 5.76 Å². The Bertz CT molecular complexity index is 1400. The molecule has 0 unspecified atom stereocenters. The van der Waals surface area contributed by atoms with Crippen LogP contribution in [0.4, 0.5) is 5.69 Å². The molecule has 0 saturated heterocycles. The number of Topliss-reactive ketones (excluding diaryl/α,β-unsaturated/α-hetero) is 2. The van der Waals surface area contributed by atoms with Crippen LogP contribution in [0.15, 0.2) is 88.2 Å². The Labute approximate surface area is 188 Å². The number of furan rings is 1. The molecule has 7 heteroatoms. The summed E-state index contributed by atoms with van der Waals surface area (Å²) in [6.45, 7) is 0. The van der Waals surface area contributed by atoms with Crippen molar-refractivity contribution in [2.24, 2.45) is 0 Å². The Balaban J connectivity index is 1.52. The summed E-state index contributed by atoms with van der Waals surface area (Å²) >= 11 is 0. The summed E-state index contributed by atoms with van der Waals surface area (Å²) in [4.78, 5) is 37.6. The third-order valence-electron chi connectivity index (χ3n) is 6.70. The average molecular weight is 438 g/mol. The van der Waals surface area contributed by atoms with Crippen molar-refractivity contribution in [3.63, 3.8) is 0 Å². The molecule has 162 valence electrons. The maximum Gasteiger partial charge on any atom is 0.269 e. The van der Waals surface area contributed by atoms with Gasteiger partial charge in [-0.1, -0.05) is 36.4 Å². The van der Waals surface area contributed by atoms with Gasteiger partial charge >= 0.3 is 0 Å². The standard InChI is InChI=1S/C26H18N2O5/c29-20-13-15(21-6-3-11-33-21)12-19-23(20)22(14-7-9-16(10-8-14)28(31)32)24-25(27-19)17-4-1-2-5-18(17)26(24)30/h1-11,15,22,27H,12-13H2/t15-,22+/m0/s1. The minimum Gasteiger partial charge on any atom is -0.469 e. The molecule has 2 aromatic carbocycles. The number of hydrogen-bond acceptors (Lipinski definition) is 6. The first-order valence-corrected chi connectivity index (χ1v) is 10.7. The molecule has 2 atom stereocenters. The van der Waals surface area contributed by atoms with Crippen molar-refractivity contribution in [1.82, 2.24) is 5.32 Å². The second kappa shape index (κ2) is 7.13. The second-order valence-electron chi connectivity index (χ2n) is 8.51. The Hall–Kier alpha value is -4.26. The van der Waals surface area contributed by atoms with E-state index in [4.69, 9.17) is 4.42 Å². The van der Waals surface area contributed by atoms with Crippen molar-refractivity contribution in [1.29, 1.82) is 0 Å². The first-order chi connectivity index (χ1) is 16.0. The minimum atomic E-state index is -0.581. The third-order valence-corrected chi connectivity index (χ3v) is 6.70. The van der Waals surface area contributed by atoms with E-state index in [1.807, 2.05) is 30.3 Å². The average Bonchev–Trinajstić information content (AvgIpc) is 3.46. The number of nitro benzene ring substituents is 1. The van der Waals surface area contributed by atoms with E-state index in [-0.39, 0.29) is 29.6 Å². The summed E-state index contributed by atoms with van der Waals surface area (Å²) in [6.07, 6.45) is 2.46. The zero-order valence-corrected chi connectivity index (χ0v) is 17.4. The number of fused-ring (bicyclic) bond motifs is 2. The van der Waals surface area contributed by atoms with Crippen LogP contribution in [0.3, 0.4) is 0 Å². The summed E-state index contributed by atoms with van der Waals surface area (Å²) in [5, 5.41) is 14.6. The summed E-state index contributed by atoms with van der Waals surface area (Å²) in [5.74, 6) is -0.0909. The molecule has 7 nitrogen and oxygen atoms in total. The molecule has 1 N–H and O–H groups in total. The number of ketones is 2. The van der Waals surface area contributed by atoms with Gasteiger partial charge in [-0.15, -0.1) is 0 Å². The van der Waals surface area contributed by atoms with Crippen LogP contribution in [0.25, 0.3) is 5.70 Å². The minimum absolute atomic E-state index is 0.0371. The number of nitrogens with zero attached hydrogens (tertiary/aromatic N) is 1. The van der Waals surface area contributed by atoms with Crippen LogP contribution in [0, 0.1) is 10.1 Å². The monoisotopic (exact) mass is 438 g/mol. The van der Waals surface area contributed by atoms with E-state index < -0.39 is 10.8 Å². The van der Waals surface area contributed by atoms with Gasteiger partial charge in [0, 0.05) is 58.4 Å². The molecule has 0 saturated carbocycles. The molecule has 0 amide bonds. The van der Waals surface area contributed by atoms with Crippen LogP contribution in [0.1, 0.15) is 51.9 Å². The van der Waals surface area contributed by atoms with Crippen LogP contribution in [-0.2, 0) is 4.79 Å². The zero-order chi connectivity index (χ0) is 22.7. The predicted octanol–water partition coefficient (Wildman–Crippen LogP) is 4.88. The van der Waals surface area contributed by atoms with Gasteiger partial charge in [0.05, 0.1) is 16.9 Å². The van der Waals surface area contributed by atoms with Gasteiger partial charge < -0.3 is 9.73 Å². The molecule has 0 bridgehead atoms. The Morgan fingerprint density at radius 1 is 0.909 bits per heavy atom. The summed E-state index contributed by atoms with van der Waals surface area (Å²) in [5.41, 5.74) is 4.63. The lowest BCUT2D eigenvalue weighted by Crippen LogP contribution is -2.33. The Kier molecular flexibility index (Phi) is 4.20. The maximum atomic E-state index is 13.5. The number of hydrogen-bond donors (Lipinski definition) is 1. The highest BCUT2D eigenvalue weighted by molar-refractivity contribution is 6.23. The zero-order valence-electron chi connectivity index (χ0n) is 17.4. The molecular formula is C26H18N2O5. The van der Waals surface area contributed by atoms with Crippen molar-refractivity contribution in [2.45, 2.75) is 24.7 Å². The van der Waals surface area contributed by atoms with Crippen LogP contribution < -0.4 is 5.32 Å². The fourth-order valence-corrected chi connectivity index (χ4v) is 5.24. The van der Waals surface area contributed by atoms with Gasteiger partial charge in [0.15, 0.2) is 11.6 Å². The molecule has 0 fully saturated rings. The topological polar surface area (TPSA) is 102 Å². The number of carbonyl (C=O) groups is 2. The van der Waals surface area contributed by atoms with Gasteiger partial charge in [0.2, 0.25) is 0 Å². The quantitative estimate of drug-likeness (QED) is 0.462. The van der Waals surface area contributed by atoms with E-state index in [1.165, 1.54) is 12.1 Å². The highest BCUT2D eigenvalue weighted by Crippen LogP contribution is 2.50. The van der Waals surface area contributed by atoms with E-state index >= 15 is 0 Å². The Morgan fingerprint density at radius 2 is 1.67 bits per heavy atom. The largest absolute Gasteiger partial charge is 0.469 e. The molecule has 1 aliphatic heterocycles. The van der Waals surface area contributed by atoms with Gasteiger partial charge in [-0.25, -0.2) is 0 Å². The van der Waals surface area contributed by atoms with Crippen LogP contribution in [0.5, 0.6) is 0 Å². The fourth-order valence-electron chi connectivity index (χ4n) is 5.24. The number of rotatable bonds is 3. The number of benzene rings is 2. The number of nitrogens with one attached hydrogen (secondary N) is 1. The van der Waals surface area contributed by atoms with E-state index in [0.29, 0.717) is 34.4 Å². The molecule has 33 heavy (non-hydrogen) atoms. The normalized spacial score (nSPS) is 21.5. The first-order valence-electron chi connectivity index (χ1n) is 10.7. The van der Waals surface area contributed by atoms with Crippen molar-refractivity contribution in [2.75, 3.05) is 0 Å². The number of carbonyl (C=O) groups excluding carboxylic acids is 2. The van der Waals surface area contributed by atoms with Crippen molar-refractivity contribution < 1.29 is 18.9 Å². The molecule has 2 aliphatic carbocycles. The lowest BCUT2D eigenvalue weighted by molar-refractivity contribution is -0.384. The van der Waals surface area contributed by atoms with Gasteiger partial charge in [-0.05, 0) is 24.1 Å². The van der Waals surface area contributed by atoms with Crippen molar-refractivity contribution >= 4 is 23.0 Å². The summed E-state index contributed by atoms with van der Waals surface area (Å²) in [7, 11) is 0. The smallest absolute Gasteiger partial charge is 0.269 e. The molecule has 3 aromatic rings. The predicted molar refractivity (Wildman–Crippen MR) is 119 cm³/mol. The third kappa shape index (κ3) is 2.89. The van der Waals surface area contributed by atoms with E-state index in [0.717, 1.165) is 17.0 Å². The number of dihydropyridines is 1. The summed E-state index contributed by atoms with van der Waals surface area (Å²) < 4.78 is 5.58. The van der Waals surface area contributed by atoms with Gasteiger partial charge in [-0.2, -0.15) is 0 Å². The van der Waals surface area contributed by atoms with E-state index in [1.54, 1.807) is 24.5 Å². The molecule has 0 radical (unpaired) electrons. The number of allylic oxidation sites excluding steroid dienone is 3. The van der Waals surface area contributed by atoms with Gasteiger partial charge in [-0.3, -0.25) is 19.7 Å².